The third-order valence-electron chi connectivity index (χ3n) is 27.0. The van der Waals surface area contributed by atoms with Gasteiger partial charge >= 0.3 is 70.5 Å². The van der Waals surface area contributed by atoms with Crippen molar-refractivity contribution >= 4 is 121 Å². The van der Waals surface area contributed by atoms with E-state index in [1.54, 1.807) is 17.0 Å². The molecule has 11 rings (SSSR count). The van der Waals surface area contributed by atoms with E-state index in [1.807, 2.05) is 120 Å². The molecule has 4 aromatic rings. The molecule has 0 aliphatic carbocycles. The number of aliphatic imine (C=N–C) groups is 3. The zero-order valence-electron chi connectivity index (χ0n) is 77.4. The van der Waals surface area contributed by atoms with Gasteiger partial charge in [-0.15, -0.1) is 5.10 Å². The van der Waals surface area contributed by atoms with Crippen LogP contribution in [0.5, 0.6) is 0 Å². The van der Waals surface area contributed by atoms with Gasteiger partial charge in [0.1, 0.15) is 18.9 Å². The minimum atomic E-state index is -1.48. The predicted octanol–water partition coefficient (Wildman–Crippen LogP) is 14.7. The number of aryl methyl sites for hydroxylation is 3. The summed E-state index contributed by atoms with van der Waals surface area (Å²) in [4.78, 5) is 157. The number of hydrogen-bond acceptors (Lipinski definition) is 28. The van der Waals surface area contributed by atoms with Gasteiger partial charge in [-0.3, -0.25) is 58.1 Å². The molecule has 696 valence electrons. The summed E-state index contributed by atoms with van der Waals surface area (Å²) in [5.41, 5.74) is 11.3. The number of nitrogens with one attached hydrogen (secondary N) is 2. The Kier molecular flexibility index (Phi) is 35.3. The molecule has 33 nitrogen and oxygen atoms in total. The summed E-state index contributed by atoms with van der Waals surface area (Å²) < 4.78 is 57.1. The number of carbonyl (C=O) groups is 9. The maximum absolute atomic E-state index is 15.1. The third kappa shape index (κ3) is 21.8. The van der Waals surface area contributed by atoms with Crippen LogP contribution in [-0.2, 0) is 127 Å². The van der Waals surface area contributed by atoms with Gasteiger partial charge in [0.15, 0.2) is 0 Å². The minimum Gasteiger partial charge on any atom is -0.682 e. The zero-order valence-corrected chi connectivity index (χ0v) is 78.5. The Hall–Kier alpha value is -12.1. The molecule has 1 unspecified atom stereocenters. The number of nitrogens with zero attached hydrogens (tertiary/aromatic N) is 11. The molecule has 1 saturated heterocycles. The van der Waals surface area contributed by atoms with E-state index in [0.29, 0.717) is 80.1 Å². The zero-order chi connectivity index (χ0) is 94.9. The fourth-order valence-corrected chi connectivity index (χ4v) is 19.4. The molecular formula is C96H118CoN13O20. The first-order valence-corrected chi connectivity index (χ1v) is 42.9. The van der Waals surface area contributed by atoms with Gasteiger partial charge in [-0.2, -0.15) is 5.70 Å². The topological polar surface area (TPSA) is 453 Å². The maximum atomic E-state index is 15.1. The Labute approximate surface area is 768 Å². The van der Waals surface area contributed by atoms with Gasteiger partial charge in [0.2, 0.25) is 0 Å². The monoisotopic (exact) mass is 1830 g/mol. The number of esters is 8. The Bertz CT molecular complexity index is 5550. The maximum Gasteiger partial charge on any atom is 3.00 e. The van der Waals surface area contributed by atoms with Gasteiger partial charge in [-0.25, -0.2) is 14.6 Å². The molecule has 0 amide bonds. The Morgan fingerprint density at radius 1 is 0.562 bits per heavy atom. The SMILES string of the molecule is C=CC1=C(C)c2cc3[nH]c(cc4nc(cc5[nH]c(cc1n2)c(C)c5CCC(=O)OCCOCCOCCn1cc(COC(=O)C[C@]2(C)/C5=C(\C)C6=N[C@@](C)(C7[N-]/C(=C(/C)C8=N/C(=C\C(=N5)[C@H]2CCC(=O)OC)C(C)(C)[C@@H]8CCC(=O)OC)[C@](C)(CCC(=O)OC)[C@H]7CC(=O)OC)[C@@](C)(CC(=O)OC)[C@@H]6CCC(=O)OC)nn1)C(CCC(=O)O)=C4C)c(C)c3C=C.[C-]#N.[C-]#N.[Co+3]. The molecule has 9 atom stereocenters. The van der Waals surface area contributed by atoms with Crippen LogP contribution in [0.3, 0.4) is 0 Å². The van der Waals surface area contributed by atoms with Crippen LogP contribution in [0.1, 0.15) is 210 Å². The van der Waals surface area contributed by atoms with Gasteiger partial charge in [0, 0.05) is 135 Å². The smallest absolute Gasteiger partial charge is 0.682 e. The molecule has 0 saturated carbocycles. The summed E-state index contributed by atoms with van der Waals surface area (Å²) >= 11 is 0. The first-order chi connectivity index (χ1) is 61.4. The second-order valence-corrected chi connectivity index (χ2v) is 34.5. The molecule has 16 bridgehead atoms. The summed E-state index contributed by atoms with van der Waals surface area (Å²) in [6, 6.07) is 6.90. The number of rotatable bonds is 37. The van der Waals surface area contributed by atoms with Crippen LogP contribution < -0.4 is 0 Å². The van der Waals surface area contributed by atoms with Gasteiger partial charge in [-0.1, -0.05) is 71.2 Å². The second-order valence-electron chi connectivity index (χ2n) is 34.5. The van der Waals surface area contributed by atoms with Crippen LogP contribution in [0.25, 0.3) is 55.8 Å². The number of hydrogen-bond donors (Lipinski definition) is 3. The fourth-order valence-electron chi connectivity index (χ4n) is 19.4. The van der Waals surface area contributed by atoms with Crippen LogP contribution >= 0.6 is 0 Å². The van der Waals surface area contributed by atoms with Crippen LogP contribution in [0.4, 0.5) is 0 Å². The number of methoxy groups -OCH3 is 6. The van der Waals surface area contributed by atoms with Crippen molar-refractivity contribution in [3.05, 3.63) is 153 Å². The summed E-state index contributed by atoms with van der Waals surface area (Å²) in [5.74, 6) is -8.01. The average Bonchev–Trinajstić information content (AvgIpc) is 1.52. The largest absolute Gasteiger partial charge is 3.00 e. The molecule has 11 heterocycles. The first-order valence-electron chi connectivity index (χ1n) is 42.9. The fraction of sp³-hybridized carbons (Fsp3) is 0.521. The van der Waals surface area contributed by atoms with E-state index >= 15 is 4.79 Å². The number of aromatic amines is 2. The Balaban J connectivity index is 0.00000411. The van der Waals surface area contributed by atoms with Crippen LogP contribution in [0, 0.1) is 82.8 Å². The molecule has 130 heavy (non-hydrogen) atoms. The van der Waals surface area contributed by atoms with Gasteiger partial charge in [0.25, 0.3) is 0 Å². The van der Waals surface area contributed by atoms with Crippen molar-refractivity contribution in [3.8, 4) is 0 Å². The van der Waals surface area contributed by atoms with Crippen molar-refractivity contribution < 1.29 is 112 Å². The van der Waals surface area contributed by atoms with Gasteiger partial charge in [0.05, 0.1) is 129 Å². The number of ether oxygens (including phenoxy) is 10. The molecular weight excluding hydrogens is 1710 g/mol. The minimum absolute atomic E-state index is 0. The predicted molar refractivity (Wildman–Crippen MR) is 480 cm³/mol. The van der Waals surface area contributed by atoms with E-state index < -0.39 is 111 Å². The second kappa shape index (κ2) is 44.5. The van der Waals surface area contributed by atoms with Crippen LogP contribution in [-0.4, -0.2) is 198 Å². The van der Waals surface area contributed by atoms with Crippen molar-refractivity contribution in [1.82, 2.24) is 34.9 Å². The van der Waals surface area contributed by atoms with Crippen molar-refractivity contribution in [2.24, 2.45) is 60.3 Å². The standard InChI is InChI=1S/C94H119N11O20.2CN.Co/c1-21-58-51(3)66-42-67-53(5)60(23-28-76(106)107)72(97-67)45-73-61(54(6)69(98-73)44-71-59(22-2)52(4)68(96-71)43-70(58)95-66)24-29-81(112)124-40-39-123-38-37-122-36-35-105-49-57(103-104-105)50-125-84(115)47-92(12)62(25-30-77(108)116-15)74-46-75-90(9,10)63(26-31-78(109)117-16)85(100-75)55(7)87-91(11,34-33-80(111)119-18)65(41-82(113)120-19)89(101-87)94(14)93(13,48-83(114)121-20)64(27-32-79(110)118-17)86(102-94)56(8)88(92)99-74;2*1-2;/h21-22,42-46,49,62-65,89H,1-2,23-41,47-48,50H2,3-20H3,(H4,95,96,97,98,99,100,101,102,103,104,106,107);;;/q;2*-1;+3/p-1/t62-,63-,64-,65+,89?,91-,92+,93+,94+;;;/m1.../s1. The van der Waals surface area contributed by atoms with Crippen LogP contribution in [0.15, 0.2) is 99.0 Å². The summed E-state index contributed by atoms with van der Waals surface area (Å²) in [7, 11) is 7.78. The molecule has 34 heteroatoms. The Morgan fingerprint density at radius 3 is 1.75 bits per heavy atom. The number of aliphatic carboxylic acids is 1. The van der Waals surface area contributed by atoms with Gasteiger partial charge < -0.3 is 91.4 Å². The van der Waals surface area contributed by atoms with E-state index in [0.717, 1.165) is 66.8 Å². The molecule has 0 aromatic carbocycles. The first kappa shape index (κ1) is 103. The van der Waals surface area contributed by atoms with E-state index in [9.17, 15) is 43.5 Å². The van der Waals surface area contributed by atoms with Crippen molar-refractivity contribution in [1.29, 1.82) is 10.5 Å². The van der Waals surface area contributed by atoms with Crippen molar-refractivity contribution in [2.75, 3.05) is 75.7 Å². The molecule has 0 spiro atoms. The van der Waals surface area contributed by atoms with Crippen molar-refractivity contribution in [3.63, 3.8) is 0 Å². The van der Waals surface area contributed by atoms with Crippen LogP contribution in [0.2, 0.25) is 0 Å². The number of H-pyrrole nitrogens is 2. The molecule has 0 radical (unpaired) electrons. The van der Waals surface area contributed by atoms with E-state index in [-0.39, 0.29) is 153 Å². The number of fused-ring (bicyclic) bond motifs is 14. The average molecular weight is 1830 g/mol. The van der Waals surface area contributed by atoms with E-state index in [4.69, 9.17) is 101 Å². The van der Waals surface area contributed by atoms with E-state index in [2.05, 4.69) is 33.4 Å². The number of allylic oxidation sites excluding steroid dienone is 11. The molecule has 7 aliphatic rings. The molecule has 7 aliphatic heterocycles. The number of carboxylic acids is 1. The summed E-state index contributed by atoms with van der Waals surface area (Å²) in [5, 5.41) is 36.7. The number of aromatic nitrogens is 7. The summed E-state index contributed by atoms with van der Waals surface area (Å²) in [6.45, 7) is 41.8. The van der Waals surface area contributed by atoms with Gasteiger partial charge in [-0.05, 0) is 173 Å². The van der Waals surface area contributed by atoms with E-state index in [1.165, 1.54) is 42.7 Å². The Morgan fingerprint density at radius 2 is 1.12 bits per heavy atom. The third-order valence-corrected chi connectivity index (χ3v) is 27.0. The summed E-state index contributed by atoms with van der Waals surface area (Å²) in [6.07, 6.45) is 7.09. The molecule has 3 N–H and O–H groups in total. The molecule has 4 aromatic heterocycles. The van der Waals surface area contributed by atoms with Crippen molar-refractivity contribution in [2.45, 2.75) is 204 Å². The molecule has 1 fully saturated rings. The normalized spacial score (nSPS) is 23.6. The number of carboxylic acid groups (broad SMARTS) is 1. The number of carbonyl (C=O) groups excluding carboxylic acids is 8. The quantitative estimate of drug-likeness (QED) is 0.0163.